The van der Waals surface area contributed by atoms with Crippen LogP contribution in [0.3, 0.4) is 0 Å². The summed E-state index contributed by atoms with van der Waals surface area (Å²) in [5, 5.41) is 1.83. The molecule has 2 aliphatic heterocycles. The highest BCUT2D eigenvalue weighted by molar-refractivity contribution is 7.99. The predicted octanol–water partition coefficient (Wildman–Crippen LogP) is 13.1. The van der Waals surface area contributed by atoms with Gasteiger partial charge in [0.1, 0.15) is 11.5 Å². The van der Waals surface area contributed by atoms with Gasteiger partial charge in [-0.1, -0.05) is 72.4 Å². The molecule has 0 saturated carbocycles. The number of benzene rings is 6. The van der Waals surface area contributed by atoms with Crippen LogP contribution in [0.5, 0.6) is 11.5 Å². The summed E-state index contributed by atoms with van der Waals surface area (Å²) in [5.74, 6) is 1.56. The van der Waals surface area contributed by atoms with Crippen molar-refractivity contribution in [3.05, 3.63) is 203 Å². The quantitative estimate of drug-likeness (QED) is 0.165. The average molecular weight is 747 g/mol. The minimum Gasteiger partial charge on any atom is -0.457 e. The van der Waals surface area contributed by atoms with Crippen molar-refractivity contribution in [2.75, 3.05) is 4.90 Å². The molecule has 9 aromatic rings. The molecular formula is C49H26N6OS. The van der Waals surface area contributed by atoms with Gasteiger partial charge in [-0.3, -0.25) is 9.97 Å². The number of aromatic nitrogens is 3. The van der Waals surface area contributed by atoms with E-state index in [0.717, 1.165) is 89.7 Å². The molecule has 3 aliphatic rings. The lowest BCUT2D eigenvalue weighted by atomic mass is 9.66. The molecule has 8 heteroatoms. The third-order valence-electron chi connectivity index (χ3n) is 11.5. The van der Waals surface area contributed by atoms with Gasteiger partial charge in [0.25, 0.3) is 0 Å². The second kappa shape index (κ2) is 11.7. The summed E-state index contributed by atoms with van der Waals surface area (Å²) in [4.78, 5) is 22.5. The van der Waals surface area contributed by atoms with E-state index in [1.807, 2.05) is 67.0 Å². The number of hydrogen-bond donors (Lipinski definition) is 0. The third-order valence-corrected chi connectivity index (χ3v) is 12.7. The van der Waals surface area contributed by atoms with E-state index < -0.39 is 5.41 Å². The Bertz CT molecular complexity index is 3200. The first-order valence-corrected chi connectivity index (χ1v) is 19.4. The Hall–Kier alpha value is -7.65. The standard InChI is InChI=1S/C49H26N6OS/c1-50-29-17-20-39-33(24-29)34-25-30(51-2)18-21-40(34)55(39)32-27-38-48(53-28-32)47-36(11-9-23-52-47)49(38)35-10-3-6-14-43(35)56-44-22-19-31(26-37(44)49)54-41-12-4-7-15-45(41)57-46-16-8-5-13-42(46)54/h3-28H. The molecule has 0 amide bonds. The Morgan fingerprint density at radius 2 is 1.16 bits per heavy atom. The Morgan fingerprint density at radius 3 is 1.88 bits per heavy atom. The predicted molar refractivity (Wildman–Crippen MR) is 225 cm³/mol. The Morgan fingerprint density at radius 1 is 0.544 bits per heavy atom. The highest BCUT2D eigenvalue weighted by Crippen LogP contribution is 2.62. The molecule has 1 unspecified atom stereocenters. The molecule has 0 fully saturated rings. The number of nitrogens with zero attached hydrogens (tertiary/aromatic N) is 6. The second-order valence-electron chi connectivity index (χ2n) is 14.4. The molecule has 0 saturated heterocycles. The van der Waals surface area contributed by atoms with E-state index in [0.29, 0.717) is 11.4 Å². The first-order valence-electron chi connectivity index (χ1n) is 18.5. The fraction of sp³-hybridized carbons (Fsp3) is 0.0204. The molecule has 1 spiro atoms. The van der Waals surface area contributed by atoms with Gasteiger partial charge in [-0.05, 0) is 101 Å². The monoisotopic (exact) mass is 746 g/mol. The van der Waals surface area contributed by atoms with E-state index in [1.165, 1.54) is 9.79 Å². The van der Waals surface area contributed by atoms with Crippen molar-refractivity contribution >= 4 is 62.0 Å². The van der Waals surface area contributed by atoms with Crippen LogP contribution in [0.1, 0.15) is 22.3 Å². The molecule has 5 heterocycles. The number of para-hydroxylation sites is 3. The number of rotatable bonds is 2. The topological polar surface area (TPSA) is 51.9 Å². The lowest BCUT2D eigenvalue weighted by molar-refractivity contribution is 0.436. The Balaban J connectivity index is 1.16. The molecule has 7 nitrogen and oxygen atoms in total. The van der Waals surface area contributed by atoms with Crippen molar-refractivity contribution in [3.63, 3.8) is 0 Å². The molecule has 57 heavy (non-hydrogen) atoms. The maximum Gasteiger partial charge on any atom is 0.188 e. The maximum atomic E-state index is 7.74. The highest BCUT2D eigenvalue weighted by atomic mass is 32.2. The summed E-state index contributed by atoms with van der Waals surface area (Å²) < 4.78 is 9.02. The number of ether oxygens (including phenoxy) is 1. The fourth-order valence-corrected chi connectivity index (χ4v) is 10.3. The summed E-state index contributed by atoms with van der Waals surface area (Å²) >= 11 is 1.79. The summed E-state index contributed by atoms with van der Waals surface area (Å²) in [6.45, 7) is 15.5. The summed E-state index contributed by atoms with van der Waals surface area (Å²) in [7, 11) is 0. The summed E-state index contributed by atoms with van der Waals surface area (Å²) in [6.07, 6.45) is 3.76. The number of anilines is 3. The van der Waals surface area contributed by atoms with E-state index >= 15 is 0 Å². The number of pyridine rings is 2. The first kappa shape index (κ1) is 31.7. The molecule has 1 atom stereocenters. The minimum atomic E-state index is -0.834. The summed E-state index contributed by atoms with van der Waals surface area (Å²) in [5.41, 5.74) is 12.0. The van der Waals surface area contributed by atoms with Gasteiger partial charge in [0.2, 0.25) is 0 Å². The number of fused-ring (bicyclic) bond motifs is 14. The Kier molecular flexibility index (Phi) is 6.49. The Labute approximate surface area is 331 Å². The van der Waals surface area contributed by atoms with E-state index in [1.54, 1.807) is 11.8 Å². The molecule has 0 N–H and O–H groups in total. The van der Waals surface area contributed by atoms with Crippen LogP contribution in [0.25, 0.3) is 48.6 Å². The molecule has 0 radical (unpaired) electrons. The van der Waals surface area contributed by atoms with Crippen LogP contribution in [-0.4, -0.2) is 14.5 Å². The van der Waals surface area contributed by atoms with Crippen LogP contribution < -0.4 is 9.64 Å². The smallest absolute Gasteiger partial charge is 0.188 e. The van der Waals surface area contributed by atoms with Crippen molar-refractivity contribution in [1.29, 1.82) is 0 Å². The normalized spacial score (nSPS) is 15.4. The molecule has 0 bridgehead atoms. The molecule has 6 aromatic carbocycles. The molecular weight excluding hydrogens is 721 g/mol. The van der Waals surface area contributed by atoms with Crippen LogP contribution >= 0.6 is 11.8 Å². The van der Waals surface area contributed by atoms with E-state index in [9.17, 15) is 0 Å². The van der Waals surface area contributed by atoms with Crippen molar-refractivity contribution in [1.82, 2.24) is 14.5 Å². The van der Waals surface area contributed by atoms with Gasteiger partial charge in [-0.2, -0.15) is 0 Å². The molecule has 3 aromatic heterocycles. The second-order valence-corrected chi connectivity index (χ2v) is 15.4. The van der Waals surface area contributed by atoms with Crippen LogP contribution in [0, 0.1) is 13.1 Å². The zero-order valence-corrected chi connectivity index (χ0v) is 30.8. The zero-order chi connectivity index (χ0) is 37.8. The van der Waals surface area contributed by atoms with Crippen molar-refractivity contribution < 1.29 is 4.74 Å². The van der Waals surface area contributed by atoms with Gasteiger partial charge >= 0.3 is 0 Å². The van der Waals surface area contributed by atoms with Gasteiger partial charge in [0.15, 0.2) is 11.4 Å². The molecule has 264 valence electrons. The van der Waals surface area contributed by atoms with Gasteiger partial charge < -0.3 is 14.2 Å². The number of hydrogen-bond acceptors (Lipinski definition) is 5. The van der Waals surface area contributed by atoms with E-state index in [2.05, 4.69) is 110 Å². The lowest BCUT2D eigenvalue weighted by Gasteiger charge is -2.40. The lowest BCUT2D eigenvalue weighted by Crippen LogP contribution is -2.32. The highest BCUT2D eigenvalue weighted by Gasteiger charge is 2.53. The molecule has 12 rings (SSSR count). The maximum absolute atomic E-state index is 7.74. The SMILES string of the molecule is [C-]#[N+]c1ccc2c(c1)c1cc([N+]#[C-])ccc1n2-c1cnc2c(c1)C1(c3ccccc3Oc3ccc(N4c5ccccc5Sc5ccccc54)cc31)c1cccnc1-2. The summed E-state index contributed by atoms with van der Waals surface area (Å²) in [6, 6.07) is 50.0. The van der Waals surface area contributed by atoms with Crippen molar-refractivity contribution in [3.8, 4) is 28.6 Å². The average Bonchev–Trinajstić information content (AvgIpc) is 3.75. The van der Waals surface area contributed by atoms with Crippen molar-refractivity contribution in [2.45, 2.75) is 15.2 Å². The minimum absolute atomic E-state index is 0.547. The van der Waals surface area contributed by atoms with Crippen LogP contribution in [0.4, 0.5) is 28.4 Å². The zero-order valence-electron chi connectivity index (χ0n) is 30.0. The van der Waals surface area contributed by atoms with E-state index in [-0.39, 0.29) is 0 Å². The van der Waals surface area contributed by atoms with Crippen LogP contribution in [-0.2, 0) is 5.41 Å². The third kappa shape index (κ3) is 4.25. The van der Waals surface area contributed by atoms with E-state index in [4.69, 9.17) is 27.8 Å². The van der Waals surface area contributed by atoms with Gasteiger partial charge in [-0.15, -0.1) is 0 Å². The van der Waals surface area contributed by atoms with Gasteiger partial charge in [-0.25, -0.2) is 9.69 Å². The largest absolute Gasteiger partial charge is 0.457 e. The van der Waals surface area contributed by atoms with Gasteiger partial charge in [0.05, 0.1) is 64.2 Å². The van der Waals surface area contributed by atoms with Crippen LogP contribution in [0.15, 0.2) is 168 Å². The van der Waals surface area contributed by atoms with Gasteiger partial charge in [0, 0.05) is 38.4 Å². The van der Waals surface area contributed by atoms with Crippen molar-refractivity contribution in [2.24, 2.45) is 0 Å². The molecule has 1 aliphatic carbocycles. The first-order chi connectivity index (χ1) is 28.1. The van der Waals surface area contributed by atoms with Crippen LogP contribution in [0.2, 0.25) is 0 Å². The fourth-order valence-electron chi connectivity index (χ4n) is 9.24.